The Balaban J connectivity index is 1.80. The van der Waals surface area contributed by atoms with Crippen LogP contribution in [0.25, 0.3) is 0 Å². The number of alkyl halides is 2. The molecule has 3 rings (SSSR count). The van der Waals surface area contributed by atoms with Crippen molar-refractivity contribution in [3.63, 3.8) is 0 Å². The van der Waals surface area contributed by atoms with Crippen LogP contribution in [0.4, 0.5) is 14.5 Å². The van der Waals surface area contributed by atoms with Crippen molar-refractivity contribution < 1.29 is 33.0 Å². The minimum atomic E-state index is -3.03. The Labute approximate surface area is 129 Å². The molecule has 0 aromatic heterocycles. The molecule has 1 amide bonds. The highest BCUT2D eigenvalue weighted by Crippen LogP contribution is 2.40. The molecule has 1 fully saturated rings. The molecule has 2 heterocycles. The van der Waals surface area contributed by atoms with Gasteiger partial charge in [0.25, 0.3) is 0 Å². The normalized spacial score (nSPS) is 28.1. The van der Waals surface area contributed by atoms with Crippen LogP contribution in [-0.2, 0) is 14.3 Å². The van der Waals surface area contributed by atoms with Crippen LogP contribution in [0, 0.1) is 11.8 Å². The summed E-state index contributed by atoms with van der Waals surface area (Å²) in [7, 11) is 0. The summed E-state index contributed by atoms with van der Waals surface area (Å²) in [6.07, 6.45) is 1.96. The number of benzene rings is 1. The van der Waals surface area contributed by atoms with Crippen LogP contribution in [0.5, 0.6) is 5.75 Å². The number of halogens is 2. The first kappa shape index (κ1) is 15.4. The molecule has 2 N–H and O–H groups in total. The lowest BCUT2D eigenvalue weighted by molar-refractivity contribution is -0.145. The molecular weight excluding hydrogens is 312 g/mol. The van der Waals surface area contributed by atoms with E-state index in [9.17, 15) is 23.5 Å². The van der Waals surface area contributed by atoms with E-state index in [1.165, 1.54) is 18.2 Å². The number of nitrogens with one attached hydrogen (secondary N) is 1. The van der Waals surface area contributed by atoms with Crippen molar-refractivity contribution >= 4 is 17.6 Å². The third kappa shape index (κ3) is 2.89. The molecule has 0 aliphatic carbocycles. The predicted molar refractivity (Wildman–Crippen MR) is 74.1 cm³/mol. The molecule has 8 heteroatoms. The quantitative estimate of drug-likeness (QED) is 0.808. The second-order valence-electron chi connectivity index (χ2n) is 5.20. The zero-order valence-corrected chi connectivity index (χ0v) is 11.7. The average Bonchev–Trinajstić information content (AvgIpc) is 3.09. The lowest BCUT2D eigenvalue weighted by Gasteiger charge is -2.21. The summed E-state index contributed by atoms with van der Waals surface area (Å²) in [5.41, 5.74) is 0.0497. The van der Waals surface area contributed by atoms with E-state index in [-0.39, 0.29) is 11.4 Å². The number of hydrogen-bond acceptors (Lipinski definition) is 4. The molecule has 2 bridgehead atoms. The van der Waals surface area contributed by atoms with Crippen LogP contribution in [0.3, 0.4) is 0 Å². The highest BCUT2D eigenvalue weighted by molar-refractivity contribution is 5.97. The Morgan fingerprint density at radius 1 is 1.17 bits per heavy atom. The number of carbonyl (C=O) groups is 2. The number of ether oxygens (including phenoxy) is 2. The van der Waals surface area contributed by atoms with Gasteiger partial charge in [-0.05, 0) is 12.1 Å². The fourth-order valence-corrected chi connectivity index (χ4v) is 2.90. The molecule has 1 saturated heterocycles. The van der Waals surface area contributed by atoms with Gasteiger partial charge in [-0.2, -0.15) is 8.78 Å². The van der Waals surface area contributed by atoms with Gasteiger partial charge in [0.2, 0.25) is 5.91 Å². The summed E-state index contributed by atoms with van der Waals surface area (Å²) < 4.78 is 34.5. The minimum absolute atomic E-state index is 0.0497. The van der Waals surface area contributed by atoms with Gasteiger partial charge in [-0.15, -0.1) is 0 Å². The average molecular weight is 325 g/mol. The smallest absolute Gasteiger partial charge is 0.387 e. The molecule has 4 atom stereocenters. The van der Waals surface area contributed by atoms with E-state index in [0.29, 0.717) is 0 Å². The molecular formula is C15H13F2NO5. The molecule has 1 aromatic rings. The summed E-state index contributed by atoms with van der Waals surface area (Å²) >= 11 is 0. The first-order valence-corrected chi connectivity index (χ1v) is 6.88. The zero-order chi connectivity index (χ0) is 16.6. The second kappa shape index (κ2) is 5.96. The van der Waals surface area contributed by atoms with Crippen LogP contribution in [0.1, 0.15) is 0 Å². The van der Waals surface area contributed by atoms with Crippen LogP contribution >= 0.6 is 0 Å². The molecule has 2 aliphatic heterocycles. The molecule has 1 aromatic carbocycles. The molecule has 122 valence electrons. The van der Waals surface area contributed by atoms with Crippen molar-refractivity contribution in [2.45, 2.75) is 18.8 Å². The standard InChI is InChI=1S/C15H13F2NO5/c16-15(17)23-8-4-2-1-3-7(8)18-13(19)11-9-5-6-10(22-9)12(11)14(20)21/h1-6,9-12,15H,(H,18,19)(H,20,21)/t9-,10+,11+,12+/m1/s1. The van der Waals surface area contributed by atoms with Crippen molar-refractivity contribution in [1.29, 1.82) is 0 Å². The molecule has 0 saturated carbocycles. The van der Waals surface area contributed by atoms with Gasteiger partial charge in [-0.3, -0.25) is 9.59 Å². The number of carboxylic acid groups (broad SMARTS) is 1. The molecule has 2 aliphatic rings. The van der Waals surface area contributed by atoms with E-state index in [4.69, 9.17) is 4.74 Å². The maximum absolute atomic E-state index is 12.4. The predicted octanol–water partition coefficient (Wildman–Crippen LogP) is 1.88. The molecule has 0 radical (unpaired) electrons. The highest BCUT2D eigenvalue weighted by atomic mass is 19.3. The van der Waals surface area contributed by atoms with Crippen LogP contribution in [0.15, 0.2) is 36.4 Å². The third-order valence-corrected chi connectivity index (χ3v) is 3.85. The topological polar surface area (TPSA) is 84.9 Å². The van der Waals surface area contributed by atoms with Crippen molar-refractivity contribution in [3.8, 4) is 5.75 Å². The fourth-order valence-electron chi connectivity index (χ4n) is 2.90. The van der Waals surface area contributed by atoms with E-state index in [2.05, 4.69) is 10.1 Å². The lowest BCUT2D eigenvalue weighted by atomic mass is 9.82. The number of fused-ring (bicyclic) bond motifs is 2. The molecule has 23 heavy (non-hydrogen) atoms. The summed E-state index contributed by atoms with van der Waals surface area (Å²) in [5.74, 6) is -3.88. The minimum Gasteiger partial charge on any atom is -0.481 e. The third-order valence-electron chi connectivity index (χ3n) is 3.85. The number of carboxylic acids is 1. The summed E-state index contributed by atoms with van der Waals surface area (Å²) in [6, 6.07) is 5.71. The van der Waals surface area contributed by atoms with E-state index in [0.717, 1.165) is 0 Å². The maximum atomic E-state index is 12.4. The van der Waals surface area contributed by atoms with E-state index in [1.54, 1.807) is 18.2 Å². The number of carbonyl (C=O) groups excluding carboxylic acids is 1. The Hall–Kier alpha value is -2.48. The van der Waals surface area contributed by atoms with E-state index < -0.39 is 42.5 Å². The Bertz CT molecular complexity index is 663. The summed E-state index contributed by atoms with van der Waals surface area (Å²) in [6.45, 7) is -3.03. The summed E-state index contributed by atoms with van der Waals surface area (Å²) in [4.78, 5) is 23.8. The SMILES string of the molecule is O=C(O)[C@@H]1[C@@H](C(=O)Nc2ccccc2OC(F)F)[C@H]2C=C[C@@H]1O2. The largest absolute Gasteiger partial charge is 0.481 e. The van der Waals surface area contributed by atoms with Crippen LogP contribution < -0.4 is 10.1 Å². The maximum Gasteiger partial charge on any atom is 0.387 e. The van der Waals surface area contributed by atoms with Gasteiger partial charge in [-0.25, -0.2) is 0 Å². The van der Waals surface area contributed by atoms with Gasteiger partial charge in [0.05, 0.1) is 23.8 Å². The Morgan fingerprint density at radius 2 is 1.83 bits per heavy atom. The second-order valence-corrected chi connectivity index (χ2v) is 5.20. The lowest BCUT2D eigenvalue weighted by Crippen LogP contribution is -2.39. The fraction of sp³-hybridized carbons (Fsp3) is 0.333. The van der Waals surface area contributed by atoms with Crippen molar-refractivity contribution in [2.75, 3.05) is 5.32 Å². The number of para-hydroxylation sites is 2. The van der Waals surface area contributed by atoms with Gasteiger partial charge in [0.15, 0.2) is 0 Å². The molecule has 0 unspecified atom stereocenters. The number of amides is 1. The van der Waals surface area contributed by atoms with Gasteiger partial charge in [0.1, 0.15) is 11.7 Å². The zero-order valence-electron chi connectivity index (χ0n) is 11.7. The van der Waals surface area contributed by atoms with Gasteiger partial charge in [-0.1, -0.05) is 24.3 Å². The van der Waals surface area contributed by atoms with Gasteiger partial charge < -0.3 is 19.9 Å². The molecule has 0 spiro atoms. The summed E-state index contributed by atoms with van der Waals surface area (Å²) in [5, 5.41) is 11.7. The Morgan fingerprint density at radius 3 is 2.48 bits per heavy atom. The van der Waals surface area contributed by atoms with E-state index >= 15 is 0 Å². The van der Waals surface area contributed by atoms with Crippen molar-refractivity contribution in [3.05, 3.63) is 36.4 Å². The van der Waals surface area contributed by atoms with Gasteiger partial charge >= 0.3 is 12.6 Å². The highest BCUT2D eigenvalue weighted by Gasteiger charge is 2.53. The first-order valence-electron chi connectivity index (χ1n) is 6.88. The number of aliphatic carboxylic acids is 1. The van der Waals surface area contributed by atoms with E-state index in [1.807, 2.05) is 0 Å². The monoisotopic (exact) mass is 325 g/mol. The molecule has 6 nitrogen and oxygen atoms in total. The number of hydrogen-bond donors (Lipinski definition) is 2. The van der Waals surface area contributed by atoms with Crippen LogP contribution in [0.2, 0.25) is 0 Å². The van der Waals surface area contributed by atoms with Crippen molar-refractivity contribution in [2.24, 2.45) is 11.8 Å². The van der Waals surface area contributed by atoms with Crippen molar-refractivity contribution in [1.82, 2.24) is 0 Å². The first-order chi connectivity index (χ1) is 11.0. The number of rotatable bonds is 5. The number of anilines is 1. The van der Waals surface area contributed by atoms with Crippen LogP contribution in [-0.4, -0.2) is 35.8 Å². The van der Waals surface area contributed by atoms with Gasteiger partial charge in [0, 0.05) is 0 Å². The Kier molecular flexibility index (Phi) is 3.99.